The number of nitrogen functional groups attached to an aromatic ring is 1. The summed E-state index contributed by atoms with van der Waals surface area (Å²) >= 11 is 1.55. The molecule has 0 aliphatic heterocycles. The summed E-state index contributed by atoms with van der Waals surface area (Å²) in [7, 11) is 0. The lowest BCUT2D eigenvalue weighted by Gasteiger charge is -2.22. The molecule has 0 fully saturated rings. The number of nitrogens with two attached hydrogens (primary N) is 1. The van der Waals surface area contributed by atoms with Gasteiger partial charge in [0, 0.05) is 23.8 Å². The molecule has 0 spiro atoms. The van der Waals surface area contributed by atoms with Crippen molar-refractivity contribution in [3.05, 3.63) is 10.6 Å². The number of anilines is 1. The molecule has 1 aromatic rings. The van der Waals surface area contributed by atoms with Gasteiger partial charge in [-0.1, -0.05) is 13.8 Å². The minimum atomic E-state index is 0.158. The van der Waals surface area contributed by atoms with Gasteiger partial charge in [-0.3, -0.25) is 4.79 Å². The number of aromatic nitrogens is 1. The fraction of sp³-hybridized carbons (Fsp3) is 0.667. The van der Waals surface area contributed by atoms with Crippen LogP contribution in [0.3, 0.4) is 0 Å². The van der Waals surface area contributed by atoms with Crippen molar-refractivity contribution in [3.63, 3.8) is 0 Å². The van der Waals surface area contributed by atoms with Crippen molar-refractivity contribution in [1.29, 1.82) is 0 Å². The summed E-state index contributed by atoms with van der Waals surface area (Å²) in [5.41, 5.74) is 6.82. The minimum absolute atomic E-state index is 0.158. The van der Waals surface area contributed by atoms with Crippen molar-refractivity contribution >= 4 is 22.4 Å². The van der Waals surface area contributed by atoms with Gasteiger partial charge in [-0.25, -0.2) is 4.98 Å². The molecule has 1 unspecified atom stereocenters. The quantitative estimate of drug-likeness (QED) is 0.862. The molecule has 1 aromatic heterocycles. The number of hydrogen-bond donors (Lipinski definition) is 2. The Morgan fingerprint density at radius 3 is 3.12 bits per heavy atom. The highest BCUT2D eigenvalue weighted by Crippen LogP contribution is 2.28. The number of carbonyl (C=O) groups excluding carboxylic acids is 1. The van der Waals surface area contributed by atoms with Crippen LogP contribution in [-0.4, -0.2) is 16.9 Å². The molecule has 5 heteroatoms. The van der Waals surface area contributed by atoms with E-state index < -0.39 is 0 Å². The molecule has 0 aromatic carbocycles. The van der Waals surface area contributed by atoms with Crippen LogP contribution in [0.4, 0.5) is 5.13 Å². The van der Waals surface area contributed by atoms with Crippen LogP contribution in [0, 0.1) is 5.92 Å². The van der Waals surface area contributed by atoms with E-state index in [2.05, 4.69) is 24.1 Å². The van der Waals surface area contributed by atoms with E-state index in [1.54, 1.807) is 11.3 Å². The van der Waals surface area contributed by atoms with Gasteiger partial charge in [-0.2, -0.15) is 0 Å². The van der Waals surface area contributed by atoms with E-state index in [9.17, 15) is 4.79 Å². The molecule has 0 bridgehead atoms. The summed E-state index contributed by atoms with van der Waals surface area (Å²) in [6.45, 7) is 4.12. The van der Waals surface area contributed by atoms with Crippen molar-refractivity contribution in [3.8, 4) is 0 Å². The highest BCUT2D eigenvalue weighted by Gasteiger charge is 2.23. The summed E-state index contributed by atoms with van der Waals surface area (Å²) in [5.74, 6) is 0.569. The number of nitrogens with zero attached hydrogens (tertiary/aromatic N) is 1. The molecule has 1 atom stereocenters. The molecule has 94 valence electrons. The monoisotopic (exact) mass is 253 g/mol. The van der Waals surface area contributed by atoms with Gasteiger partial charge < -0.3 is 11.1 Å². The number of nitrogens with one attached hydrogen (secondary N) is 1. The first-order valence-corrected chi connectivity index (χ1v) is 6.89. The molecule has 0 saturated carbocycles. The maximum absolute atomic E-state index is 11.7. The van der Waals surface area contributed by atoms with E-state index in [0.29, 0.717) is 17.5 Å². The first-order valence-electron chi connectivity index (χ1n) is 6.08. The highest BCUT2D eigenvalue weighted by molar-refractivity contribution is 7.15. The van der Waals surface area contributed by atoms with E-state index in [1.165, 1.54) is 4.88 Å². The second kappa shape index (κ2) is 5.04. The van der Waals surface area contributed by atoms with Gasteiger partial charge in [-0.05, 0) is 18.8 Å². The molecule has 2 rings (SSSR count). The van der Waals surface area contributed by atoms with Gasteiger partial charge in [0.05, 0.1) is 5.69 Å². The molecule has 1 aliphatic rings. The van der Waals surface area contributed by atoms with Crippen LogP contribution >= 0.6 is 11.3 Å². The van der Waals surface area contributed by atoms with E-state index >= 15 is 0 Å². The maximum atomic E-state index is 11.7. The van der Waals surface area contributed by atoms with Crippen molar-refractivity contribution in [1.82, 2.24) is 10.3 Å². The Hall–Kier alpha value is -1.10. The predicted molar refractivity (Wildman–Crippen MR) is 69.9 cm³/mol. The molecule has 1 amide bonds. The number of rotatable bonds is 3. The lowest BCUT2D eigenvalue weighted by atomic mass is 9.97. The third-order valence-electron chi connectivity index (χ3n) is 2.91. The second-order valence-electron chi connectivity index (χ2n) is 5.03. The summed E-state index contributed by atoms with van der Waals surface area (Å²) in [5, 5.41) is 3.74. The number of fused-ring (bicyclic) bond motifs is 1. The zero-order valence-corrected chi connectivity index (χ0v) is 11.1. The molecule has 0 radical (unpaired) electrons. The van der Waals surface area contributed by atoms with Gasteiger partial charge in [0.15, 0.2) is 5.13 Å². The Bertz CT molecular complexity index is 414. The molecule has 4 nitrogen and oxygen atoms in total. The number of thiazole rings is 1. The second-order valence-corrected chi connectivity index (χ2v) is 6.14. The summed E-state index contributed by atoms with van der Waals surface area (Å²) in [6, 6.07) is 0.258. The molecule has 0 saturated heterocycles. The van der Waals surface area contributed by atoms with E-state index in [1.807, 2.05) is 0 Å². The lowest BCUT2D eigenvalue weighted by Crippen LogP contribution is -2.38. The largest absolute Gasteiger partial charge is 0.375 e. The molecule has 17 heavy (non-hydrogen) atoms. The highest BCUT2D eigenvalue weighted by atomic mass is 32.1. The smallest absolute Gasteiger partial charge is 0.220 e. The van der Waals surface area contributed by atoms with Crippen LogP contribution < -0.4 is 11.1 Å². The third-order valence-corrected chi connectivity index (χ3v) is 3.86. The Morgan fingerprint density at radius 1 is 1.65 bits per heavy atom. The topological polar surface area (TPSA) is 68.0 Å². The van der Waals surface area contributed by atoms with Gasteiger partial charge in [-0.15, -0.1) is 11.3 Å². The number of amides is 1. The molecule has 1 aliphatic carbocycles. The van der Waals surface area contributed by atoms with Crippen LogP contribution in [-0.2, 0) is 17.6 Å². The molecule has 3 N–H and O–H groups in total. The molecule has 1 heterocycles. The summed E-state index contributed by atoms with van der Waals surface area (Å²) in [6.07, 6.45) is 3.39. The normalized spacial score (nSPS) is 19.1. The van der Waals surface area contributed by atoms with Crippen molar-refractivity contribution in [2.75, 3.05) is 5.73 Å². The zero-order valence-electron chi connectivity index (χ0n) is 10.3. The van der Waals surface area contributed by atoms with Crippen LogP contribution in [0.25, 0.3) is 0 Å². The molecular formula is C12H19N3OS. The first kappa shape index (κ1) is 12.4. The zero-order chi connectivity index (χ0) is 12.4. The Morgan fingerprint density at radius 2 is 2.41 bits per heavy atom. The standard InChI is InChI=1S/C12H19N3OS/c1-7(2)5-11(16)14-8-3-4-9-10(6-8)17-12(13)15-9/h7-8H,3-6H2,1-2H3,(H2,13,15)(H,14,16). The van der Waals surface area contributed by atoms with Gasteiger partial charge in [0.25, 0.3) is 0 Å². The summed E-state index contributed by atoms with van der Waals surface area (Å²) < 4.78 is 0. The number of aryl methyl sites for hydroxylation is 1. The van der Waals surface area contributed by atoms with Crippen LogP contribution in [0.2, 0.25) is 0 Å². The van der Waals surface area contributed by atoms with Crippen molar-refractivity contribution in [2.24, 2.45) is 5.92 Å². The van der Waals surface area contributed by atoms with E-state index in [-0.39, 0.29) is 11.9 Å². The maximum Gasteiger partial charge on any atom is 0.220 e. The van der Waals surface area contributed by atoms with Gasteiger partial charge >= 0.3 is 0 Å². The van der Waals surface area contributed by atoms with E-state index in [0.717, 1.165) is 25.0 Å². The SMILES string of the molecule is CC(C)CC(=O)NC1CCc2nc(N)sc2C1. The number of hydrogen-bond acceptors (Lipinski definition) is 4. The minimum Gasteiger partial charge on any atom is -0.375 e. The Balaban J connectivity index is 1.91. The third kappa shape index (κ3) is 3.19. The Labute approximate surface area is 106 Å². The van der Waals surface area contributed by atoms with Crippen LogP contribution in [0.15, 0.2) is 0 Å². The first-order chi connectivity index (χ1) is 8.04. The fourth-order valence-electron chi connectivity index (χ4n) is 2.18. The number of carbonyl (C=O) groups is 1. The van der Waals surface area contributed by atoms with Crippen molar-refractivity contribution < 1.29 is 4.79 Å². The van der Waals surface area contributed by atoms with Crippen LogP contribution in [0.1, 0.15) is 37.3 Å². The van der Waals surface area contributed by atoms with E-state index in [4.69, 9.17) is 5.73 Å². The Kier molecular flexibility index (Phi) is 3.66. The lowest BCUT2D eigenvalue weighted by molar-refractivity contribution is -0.122. The summed E-state index contributed by atoms with van der Waals surface area (Å²) in [4.78, 5) is 17.2. The predicted octanol–water partition coefficient (Wildman–Crippen LogP) is 1.74. The van der Waals surface area contributed by atoms with Crippen LogP contribution in [0.5, 0.6) is 0 Å². The average Bonchev–Trinajstić information content (AvgIpc) is 2.55. The molecular weight excluding hydrogens is 234 g/mol. The average molecular weight is 253 g/mol. The van der Waals surface area contributed by atoms with Gasteiger partial charge in [0.2, 0.25) is 5.91 Å². The fourth-order valence-corrected chi connectivity index (χ4v) is 3.13. The van der Waals surface area contributed by atoms with Gasteiger partial charge in [0.1, 0.15) is 0 Å². The van der Waals surface area contributed by atoms with Crippen molar-refractivity contribution in [2.45, 2.75) is 45.6 Å².